The maximum atomic E-state index is 13.4. The standard InChI is InChI=1S/C23H23FN4O2/c1-30-20-7-5-19(6-8-20)25-23(29)16-11-13-28(14-12-16)22-10-9-21(26-27-22)17-3-2-4-18(24)15-17/h2-10,15-16H,11-14H2,1H3,(H,25,29). The molecule has 1 aromatic heterocycles. The minimum absolute atomic E-state index is 0.0346. The fourth-order valence-electron chi connectivity index (χ4n) is 3.59. The van der Waals surface area contributed by atoms with Crippen LogP contribution < -0.4 is 15.0 Å². The molecule has 2 heterocycles. The van der Waals surface area contributed by atoms with Crippen molar-refractivity contribution >= 4 is 17.4 Å². The van der Waals surface area contributed by atoms with E-state index in [-0.39, 0.29) is 17.6 Å². The average molecular weight is 406 g/mol. The van der Waals surface area contributed by atoms with E-state index in [9.17, 15) is 9.18 Å². The lowest BCUT2D eigenvalue weighted by Crippen LogP contribution is -2.38. The predicted octanol–water partition coefficient (Wildman–Crippen LogP) is 4.15. The number of carbonyl (C=O) groups is 1. The Morgan fingerprint density at radius 2 is 1.83 bits per heavy atom. The third-order valence-electron chi connectivity index (χ3n) is 5.32. The summed E-state index contributed by atoms with van der Waals surface area (Å²) in [6.45, 7) is 1.46. The predicted molar refractivity (Wildman–Crippen MR) is 114 cm³/mol. The van der Waals surface area contributed by atoms with E-state index in [0.29, 0.717) is 11.3 Å². The van der Waals surface area contributed by atoms with Crippen molar-refractivity contribution in [2.45, 2.75) is 12.8 Å². The van der Waals surface area contributed by atoms with Crippen molar-refractivity contribution in [1.29, 1.82) is 0 Å². The van der Waals surface area contributed by atoms with Crippen molar-refractivity contribution < 1.29 is 13.9 Å². The van der Waals surface area contributed by atoms with E-state index in [0.717, 1.165) is 43.2 Å². The molecule has 4 rings (SSSR count). The van der Waals surface area contributed by atoms with Gasteiger partial charge in [-0.2, -0.15) is 0 Å². The number of rotatable bonds is 5. The summed E-state index contributed by atoms with van der Waals surface area (Å²) in [6.07, 6.45) is 1.49. The van der Waals surface area contributed by atoms with Crippen LogP contribution in [-0.4, -0.2) is 36.3 Å². The molecule has 0 bridgehead atoms. The topological polar surface area (TPSA) is 67.3 Å². The second-order valence-electron chi connectivity index (χ2n) is 7.27. The molecule has 0 atom stereocenters. The monoisotopic (exact) mass is 406 g/mol. The maximum absolute atomic E-state index is 13.4. The minimum Gasteiger partial charge on any atom is -0.497 e. The highest BCUT2D eigenvalue weighted by Crippen LogP contribution is 2.25. The van der Waals surface area contributed by atoms with Crippen LogP contribution in [0.25, 0.3) is 11.3 Å². The largest absolute Gasteiger partial charge is 0.497 e. The van der Waals surface area contributed by atoms with Crippen LogP contribution in [0.1, 0.15) is 12.8 Å². The van der Waals surface area contributed by atoms with Gasteiger partial charge in [-0.1, -0.05) is 12.1 Å². The molecule has 0 unspecified atom stereocenters. The summed E-state index contributed by atoms with van der Waals surface area (Å²) < 4.78 is 18.5. The van der Waals surface area contributed by atoms with E-state index < -0.39 is 0 Å². The summed E-state index contributed by atoms with van der Waals surface area (Å²) in [5.74, 6) is 1.22. The number of hydrogen-bond acceptors (Lipinski definition) is 5. The number of methoxy groups -OCH3 is 1. The molecule has 6 nitrogen and oxygen atoms in total. The Balaban J connectivity index is 1.33. The number of benzene rings is 2. The number of aromatic nitrogens is 2. The van der Waals surface area contributed by atoms with Gasteiger partial charge in [-0.15, -0.1) is 10.2 Å². The van der Waals surface area contributed by atoms with Gasteiger partial charge in [0.05, 0.1) is 12.8 Å². The van der Waals surface area contributed by atoms with E-state index in [4.69, 9.17) is 4.74 Å². The van der Waals surface area contributed by atoms with Crippen LogP contribution in [0.15, 0.2) is 60.7 Å². The molecule has 0 radical (unpaired) electrons. The average Bonchev–Trinajstić information content (AvgIpc) is 2.80. The number of nitrogens with zero attached hydrogens (tertiary/aromatic N) is 3. The van der Waals surface area contributed by atoms with Gasteiger partial charge in [-0.3, -0.25) is 4.79 Å². The number of ether oxygens (including phenoxy) is 1. The number of carbonyl (C=O) groups excluding carboxylic acids is 1. The number of anilines is 2. The zero-order valence-corrected chi connectivity index (χ0v) is 16.7. The molecule has 1 fully saturated rings. The minimum atomic E-state index is -0.298. The number of amides is 1. The normalized spacial score (nSPS) is 14.4. The molecular weight excluding hydrogens is 383 g/mol. The number of nitrogens with one attached hydrogen (secondary N) is 1. The summed E-state index contributed by atoms with van der Waals surface area (Å²) in [5.41, 5.74) is 2.09. The Morgan fingerprint density at radius 1 is 1.07 bits per heavy atom. The van der Waals surface area contributed by atoms with Crippen molar-refractivity contribution in [3.8, 4) is 17.0 Å². The Hall–Kier alpha value is -3.48. The smallest absolute Gasteiger partial charge is 0.227 e. The molecule has 7 heteroatoms. The molecule has 1 saturated heterocycles. The summed E-state index contributed by atoms with van der Waals surface area (Å²) in [6, 6.07) is 17.4. The van der Waals surface area contributed by atoms with Gasteiger partial charge in [0.15, 0.2) is 5.82 Å². The van der Waals surface area contributed by atoms with Gasteiger partial charge in [0, 0.05) is 30.3 Å². The third-order valence-corrected chi connectivity index (χ3v) is 5.32. The maximum Gasteiger partial charge on any atom is 0.227 e. The second-order valence-corrected chi connectivity index (χ2v) is 7.27. The van der Waals surface area contributed by atoms with E-state index >= 15 is 0 Å². The fraction of sp³-hybridized carbons (Fsp3) is 0.261. The Morgan fingerprint density at radius 3 is 2.47 bits per heavy atom. The molecule has 3 aromatic rings. The van der Waals surface area contributed by atoms with E-state index in [1.54, 1.807) is 19.2 Å². The third kappa shape index (κ3) is 4.56. The fourth-order valence-corrected chi connectivity index (χ4v) is 3.59. The van der Waals surface area contributed by atoms with Gasteiger partial charge >= 0.3 is 0 Å². The first-order valence-electron chi connectivity index (χ1n) is 9.92. The van der Waals surface area contributed by atoms with Crippen LogP contribution in [-0.2, 0) is 4.79 Å². The molecule has 1 amide bonds. The summed E-state index contributed by atoms with van der Waals surface area (Å²) in [7, 11) is 1.61. The number of halogens is 1. The molecule has 1 N–H and O–H groups in total. The van der Waals surface area contributed by atoms with Gasteiger partial charge in [-0.05, 0) is 61.4 Å². The molecule has 1 aliphatic heterocycles. The SMILES string of the molecule is COc1ccc(NC(=O)C2CCN(c3ccc(-c4cccc(F)c4)nn3)CC2)cc1. The van der Waals surface area contributed by atoms with Crippen LogP contribution >= 0.6 is 0 Å². The first-order valence-corrected chi connectivity index (χ1v) is 9.92. The van der Waals surface area contributed by atoms with E-state index in [1.165, 1.54) is 12.1 Å². The molecular formula is C23H23FN4O2. The number of piperidine rings is 1. The van der Waals surface area contributed by atoms with Crippen molar-refractivity contribution in [3.63, 3.8) is 0 Å². The Bertz CT molecular complexity index is 1000. The molecule has 154 valence electrons. The lowest BCUT2D eigenvalue weighted by Gasteiger charge is -2.31. The van der Waals surface area contributed by atoms with Gasteiger partial charge in [0.2, 0.25) is 5.91 Å². The lowest BCUT2D eigenvalue weighted by molar-refractivity contribution is -0.120. The molecule has 0 spiro atoms. The Kier molecular flexibility index (Phi) is 5.88. The van der Waals surface area contributed by atoms with E-state index in [2.05, 4.69) is 20.4 Å². The molecule has 2 aromatic carbocycles. The van der Waals surface area contributed by atoms with Gasteiger partial charge < -0.3 is 15.0 Å². The quantitative estimate of drug-likeness (QED) is 0.690. The van der Waals surface area contributed by atoms with Gasteiger partial charge in [0.25, 0.3) is 0 Å². The molecule has 0 saturated carbocycles. The Labute approximate surface area is 174 Å². The zero-order valence-electron chi connectivity index (χ0n) is 16.7. The van der Waals surface area contributed by atoms with Gasteiger partial charge in [-0.25, -0.2) is 4.39 Å². The van der Waals surface area contributed by atoms with Crippen LogP contribution in [0, 0.1) is 11.7 Å². The van der Waals surface area contributed by atoms with Crippen LogP contribution in [0.2, 0.25) is 0 Å². The number of hydrogen-bond donors (Lipinski definition) is 1. The van der Waals surface area contributed by atoms with Gasteiger partial charge in [0.1, 0.15) is 11.6 Å². The summed E-state index contributed by atoms with van der Waals surface area (Å²) in [4.78, 5) is 14.7. The van der Waals surface area contributed by atoms with Crippen molar-refractivity contribution in [1.82, 2.24) is 10.2 Å². The highest BCUT2D eigenvalue weighted by atomic mass is 19.1. The van der Waals surface area contributed by atoms with Crippen LogP contribution in [0.3, 0.4) is 0 Å². The van der Waals surface area contributed by atoms with Crippen molar-refractivity contribution in [2.24, 2.45) is 5.92 Å². The first-order chi connectivity index (χ1) is 14.6. The molecule has 30 heavy (non-hydrogen) atoms. The molecule has 0 aliphatic carbocycles. The summed E-state index contributed by atoms with van der Waals surface area (Å²) >= 11 is 0. The second kappa shape index (κ2) is 8.90. The van der Waals surface area contributed by atoms with Crippen molar-refractivity contribution in [2.75, 3.05) is 30.4 Å². The lowest BCUT2D eigenvalue weighted by atomic mass is 9.95. The highest BCUT2D eigenvalue weighted by molar-refractivity contribution is 5.92. The highest BCUT2D eigenvalue weighted by Gasteiger charge is 2.26. The first kappa shape index (κ1) is 19.8. The van der Waals surface area contributed by atoms with Crippen molar-refractivity contribution in [3.05, 3.63) is 66.5 Å². The van der Waals surface area contributed by atoms with Crippen LogP contribution in [0.4, 0.5) is 15.9 Å². The molecule has 1 aliphatic rings. The summed E-state index contributed by atoms with van der Waals surface area (Å²) in [5, 5.41) is 11.5. The van der Waals surface area contributed by atoms with E-state index in [1.807, 2.05) is 36.4 Å². The van der Waals surface area contributed by atoms with Crippen LogP contribution in [0.5, 0.6) is 5.75 Å². The zero-order chi connectivity index (χ0) is 20.9.